The third-order valence-electron chi connectivity index (χ3n) is 5.87. The minimum Gasteiger partial charge on any atom is -0.480 e. The van der Waals surface area contributed by atoms with Crippen LogP contribution in [0.1, 0.15) is 25.0 Å². The fraction of sp³-hybridized carbons (Fsp3) is 0.391. The molecule has 0 spiro atoms. The number of carboxylic acids is 1. The summed E-state index contributed by atoms with van der Waals surface area (Å²) in [5.74, 6) is -3.82. The van der Waals surface area contributed by atoms with E-state index in [0.29, 0.717) is 12.1 Å². The second-order valence-electron chi connectivity index (χ2n) is 8.77. The number of hydrogen-bond donors (Lipinski definition) is 6. The van der Waals surface area contributed by atoms with E-state index >= 15 is 0 Å². The van der Waals surface area contributed by atoms with E-state index in [9.17, 15) is 41.9 Å². The number of rotatable bonds is 12. The number of hydrogen-bond acceptors (Lipinski definition) is 8. The number of carbonyl (C=O) groups is 5. The zero-order valence-electron chi connectivity index (χ0n) is 21.1. The zero-order chi connectivity index (χ0) is 29.3. The van der Waals surface area contributed by atoms with Crippen LogP contribution in [0.4, 0.5) is 9.18 Å². The molecular weight excluding hydrogens is 553 g/mol. The average Bonchev–Trinajstić information content (AvgIpc) is 3.59. The Morgan fingerprint density at radius 2 is 1.85 bits per heavy atom. The molecule has 2 unspecified atom stereocenters. The van der Waals surface area contributed by atoms with Crippen LogP contribution in [0.25, 0.3) is 0 Å². The van der Waals surface area contributed by atoms with Crippen LogP contribution < -0.4 is 20.7 Å². The number of nitrogens with one attached hydrogen (secondary N) is 5. The number of urea groups is 1. The smallest absolute Gasteiger partial charge is 0.331 e. The Bertz CT molecular complexity index is 1340. The number of benzene rings is 1. The summed E-state index contributed by atoms with van der Waals surface area (Å²) in [6.07, 6.45) is 3.25. The summed E-state index contributed by atoms with van der Waals surface area (Å²) in [7, 11) is -4.30. The number of carbonyl (C=O) groups excluding carboxylic acids is 4. The lowest BCUT2D eigenvalue weighted by Gasteiger charge is -2.24. The van der Waals surface area contributed by atoms with Crippen molar-refractivity contribution in [3.63, 3.8) is 0 Å². The number of aromatic nitrogens is 2. The molecule has 15 nitrogen and oxygen atoms in total. The molecular formula is C23H28FN7O8S. The van der Waals surface area contributed by atoms with E-state index in [1.807, 2.05) is 4.72 Å². The molecule has 2 aromatic rings. The number of imidazole rings is 1. The van der Waals surface area contributed by atoms with Gasteiger partial charge in [0, 0.05) is 37.8 Å². The van der Waals surface area contributed by atoms with Crippen molar-refractivity contribution in [3.8, 4) is 0 Å². The van der Waals surface area contributed by atoms with Crippen LogP contribution in [0.2, 0.25) is 0 Å². The van der Waals surface area contributed by atoms with Gasteiger partial charge in [0.2, 0.25) is 17.7 Å². The molecule has 3 rings (SSSR count). The van der Waals surface area contributed by atoms with E-state index in [2.05, 4.69) is 25.9 Å². The van der Waals surface area contributed by atoms with E-state index in [1.54, 1.807) is 0 Å². The van der Waals surface area contributed by atoms with Crippen LogP contribution in [0.5, 0.6) is 0 Å². The topological polar surface area (TPSA) is 220 Å². The molecule has 0 radical (unpaired) electrons. The van der Waals surface area contributed by atoms with Gasteiger partial charge in [-0.1, -0.05) is 0 Å². The highest BCUT2D eigenvalue weighted by Gasteiger charge is 2.36. The summed E-state index contributed by atoms with van der Waals surface area (Å²) in [4.78, 5) is 68.0. The molecule has 1 fully saturated rings. The Hall–Kier alpha value is -4.54. The highest BCUT2D eigenvalue weighted by atomic mass is 32.2. The quantitative estimate of drug-likeness (QED) is 0.178. The summed E-state index contributed by atoms with van der Waals surface area (Å²) in [6, 6.07) is 0.589. The Kier molecular flexibility index (Phi) is 10.1. The number of nitrogens with zero attached hydrogens (tertiary/aromatic N) is 2. The van der Waals surface area contributed by atoms with Crippen LogP contribution in [0.15, 0.2) is 41.7 Å². The number of amides is 5. The number of sulfonamides is 1. The molecule has 0 aliphatic carbocycles. The molecule has 216 valence electrons. The molecule has 1 saturated heterocycles. The van der Waals surface area contributed by atoms with Crippen molar-refractivity contribution in [2.45, 2.75) is 42.7 Å². The summed E-state index contributed by atoms with van der Waals surface area (Å²) in [5, 5.41) is 16.4. The molecule has 40 heavy (non-hydrogen) atoms. The Labute approximate surface area is 228 Å². The first-order valence-corrected chi connectivity index (χ1v) is 13.6. The normalized spacial score (nSPS) is 15.6. The average molecular weight is 582 g/mol. The molecule has 0 saturated carbocycles. The monoisotopic (exact) mass is 581 g/mol. The SMILES string of the molecule is O=C(CNC(=O)C1CCCN1C(=O)NS(=O)(=O)c1ccc(F)cc1)NCCC(=O)NC(Cc1cnc[nH]1)C(=O)O. The Balaban J connectivity index is 1.41. The van der Waals surface area contributed by atoms with Gasteiger partial charge in [-0.15, -0.1) is 0 Å². The van der Waals surface area contributed by atoms with Gasteiger partial charge in [-0.25, -0.2) is 32.1 Å². The zero-order valence-corrected chi connectivity index (χ0v) is 21.9. The summed E-state index contributed by atoms with van der Waals surface area (Å²) in [5.41, 5.74) is 0.518. The number of aromatic amines is 1. The molecule has 17 heteroatoms. The van der Waals surface area contributed by atoms with E-state index in [0.717, 1.165) is 29.2 Å². The molecule has 1 aliphatic rings. The second kappa shape index (κ2) is 13.5. The van der Waals surface area contributed by atoms with Crippen LogP contribution in [-0.4, -0.2) is 89.8 Å². The second-order valence-corrected chi connectivity index (χ2v) is 10.5. The maximum Gasteiger partial charge on any atom is 0.331 e. The third-order valence-corrected chi connectivity index (χ3v) is 7.21. The van der Waals surface area contributed by atoms with Crippen LogP contribution in [0.3, 0.4) is 0 Å². The van der Waals surface area contributed by atoms with Gasteiger partial charge >= 0.3 is 12.0 Å². The summed E-state index contributed by atoms with van der Waals surface area (Å²) in [6.45, 7) is -0.504. The molecule has 2 heterocycles. The largest absolute Gasteiger partial charge is 0.480 e. The molecule has 0 bridgehead atoms. The van der Waals surface area contributed by atoms with Gasteiger partial charge in [0.1, 0.15) is 17.9 Å². The van der Waals surface area contributed by atoms with Gasteiger partial charge in [0.25, 0.3) is 10.0 Å². The van der Waals surface area contributed by atoms with Gasteiger partial charge in [0.15, 0.2) is 0 Å². The summed E-state index contributed by atoms with van der Waals surface area (Å²) >= 11 is 0. The van der Waals surface area contributed by atoms with Crippen molar-refractivity contribution in [2.24, 2.45) is 0 Å². The minimum atomic E-state index is -4.30. The van der Waals surface area contributed by atoms with E-state index in [4.69, 9.17) is 0 Å². The predicted molar refractivity (Wildman–Crippen MR) is 134 cm³/mol. The molecule has 5 amide bonds. The lowest BCUT2D eigenvalue weighted by atomic mass is 10.1. The third kappa shape index (κ3) is 8.48. The number of H-pyrrole nitrogens is 1. The first-order valence-electron chi connectivity index (χ1n) is 12.1. The van der Waals surface area contributed by atoms with Crippen LogP contribution in [0, 0.1) is 5.82 Å². The highest BCUT2D eigenvalue weighted by molar-refractivity contribution is 7.90. The lowest BCUT2D eigenvalue weighted by Crippen LogP contribution is -2.51. The number of aliphatic carboxylic acids is 1. The maximum atomic E-state index is 13.1. The van der Waals surface area contributed by atoms with E-state index in [-0.39, 0.29) is 37.2 Å². The van der Waals surface area contributed by atoms with Crippen molar-refractivity contribution in [3.05, 3.63) is 48.3 Å². The highest BCUT2D eigenvalue weighted by Crippen LogP contribution is 2.18. The Morgan fingerprint density at radius 1 is 1.12 bits per heavy atom. The van der Waals surface area contributed by atoms with E-state index in [1.165, 1.54) is 12.5 Å². The van der Waals surface area contributed by atoms with Gasteiger partial charge < -0.3 is 30.9 Å². The lowest BCUT2D eigenvalue weighted by molar-refractivity contribution is -0.141. The minimum absolute atomic E-state index is 0.00611. The van der Waals surface area contributed by atoms with Gasteiger partial charge in [0.05, 0.1) is 17.8 Å². The van der Waals surface area contributed by atoms with Crippen LogP contribution in [-0.2, 0) is 35.6 Å². The molecule has 6 N–H and O–H groups in total. The number of carboxylic acid groups (broad SMARTS) is 1. The van der Waals surface area contributed by atoms with Gasteiger partial charge in [-0.3, -0.25) is 14.4 Å². The first kappa shape index (κ1) is 30.0. The van der Waals surface area contributed by atoms with Crippen molar-refractivity contribution in [2.75, 3.05) is 19.6 Å². The van der Waals surface area contributed by atoms with Crippen molar-refractivity contribution >= 4 is 39.7 Å². The number of halogens is 1. The first-order chi connectivity index (χ1) is 19.0. The molecule has 1 aromatic heterocycles. The molecule has 2 atom stereocenters. The molecule has 1 aromatic carbocycles. The number of likely N-dealkylation sites (tertiary alicyclic amines) is 1. The Morgan fingerprint density at radius 3 is 2.50 bits per heavy atom. The van der Waals surface area contributed by atoms with Crippen molar-refractivity contribution in [1.29, 1.82) is 0 Å². The standard InChI is InChI=1S/C23H28FN7O8S/c24-14-3-5-16(6-4-14)40(38,39)30-23(37)31-9-1-2-18(31)21(34)27-12-20(33)26-8-7-19(32)29-17(22(35)36)10-15-11-25-13-28-15/h3-6,11,13,17-18H,1-2,7-10,12H2,(H,25,28)(H,26,33)(H,27,34)(H,29,32)(H,30,37)(H,35,36). The summed E-state index contributed by atoms with van der Waals surface area (Å²) < 4.78 is 39.8. The molecule has 1 aliphatic heterocycles. The van der Waals surface area contributed by atoms with Crippen molar-refractivity contribution in [1.82, 2.24) is 35.5 Å². The fourth-order valence-electron chi connectivity index (χ4n) is 3.87. The van der Waals surface area contributed by atoms with E-state index < -0.39 is 64.2 Å². The van der Waals surface area contributed by atoms with Gasteiger partial charge in [-0.2, -0.15) is 0 Å². The predicted octanol–water partition coefficient (Wildman–Crippen LogP) is -1.15. The fourth-order valence-corrected chi connectivity index (χ4v) is 4.83. The van der Waals surface area contributed by atoms with Crippen LogP contribution >= 0.6 is 0 Å². The van der Waals surface area contributed by atoms with Crippen molar-refractivity contribution < 1.29 is 41.9 Å². The maximum absolute atomic E-state index is 13.1. The van der Waals surface area contributed by atoms with Gasteiger partial charge in [-0.05, 0) is 37.1 Å².